The first-order valence-corrected chi connectivity index (χ1v) is 9.17. The summed E-state index contributed by atoms with van der Waals surface area (Å²) in [4.78, 5) is 51.3. The number of rotatable bonds is 4. The molecule has 1 aliphatic heterocycles. The van der Waals surface area contributed by atoms with E-state index in [0.717, 1.165) is 11.0 Å². The highest BCUT2D eigenvalue weighted by molar-refractivity contribution is 5.99. The Bertz CT molecular complexity index is 1020. The van der Waals surface area contributed by atoms with Crippen molar-refractivity contribution in [3.63, 3.8) is 0 Å². The lowest BCUT2D eigenvalue weighted by molar-refractivity contribution is -0.130. The number of hydrogen-bond donors (Lipinski definition) is 1. The summed E-state index contributed by atoms with van der Waals surface area (Å²) in [5, 5.41) is 2.79. The van der Waals surface area contributed by atoms with E-state index in [-0.39, 0.29) is 18.4 Å². The number of nitrogens with zero attached hydrogens (tertiary/aromatic N) is 3. The zero-order valence-electron chi connectivity index (χ0n) is 16.3. The normalized spacial score (nSPS) is 18.9. The lowest BCUT2D eigenvalue weighted by Crippen LogP contribution is -2.55. The molecule has 1 aliphatic rings. The van der Waals surface area contributed by atoms with Crippen LogP contribution >= 0.6 is 0 Å². The Hall–Kier alpha value is -3.16. The Balaban J connectivity index is 1.79. The van der Waals surface area contributed by atoms with Crippen LogP contribution in [0.4, 0.5) is 0 Å². The van der Waals surface area contributed by atoms with Crippen LogP contribution in [0.3, 0.4) is 0 Å². The Morgan fingerprint density at radius 1 is 1.11 bits per heavy atom. The molecule has 2 heterocycles. The van der Waals surface area contributed by atoms with Gasteiger partial charge < -0.3 is 10.2 Å². The van der Waals surface area contributed by atoms with Gasteiger partial charge in [-0.1, -0.05) is 18.2 Å². The minimum Gasteiger partial charge on any atom is -0.348 e. The first kappa shape index (κ1) is 19.6. The highest BCUT2D eigenvalue weighted by Gasteiger charge is 2.45. The van der Waals surface area contributed by atoms with Crippen molar-refractivity contribution in [3.05, 3.63) is 68.5 Å². The number of carbonyl (C=O) groups excluding carboxylic acids is 2. The third-order valence-corrected chi connectivity index (χ3v) is 5.45. The van der Waals surface area contributed by atoms with Crippen LogP contribution in [0.5, 0.6) is 0 Å². The monoisotopic (exact) mass is 384 g/mol. The largest absolute Gasteiger partial charge is 0.348 e. The summed E-state index contributed by atoms with van der Waals surface area (Å²) in [5.41, 5.74) is -0.919. The van der Waals surface area contributed by atoms with Crippen molar-refractivity contribution in [2.24, 2.45) is 14.1 Å². The zero-order valence-corrected chi connectivity index (χ0v) is 16.3. The van der Waals surface area contributed by atoms with E-state index >= 15 is 0 Å². The van der Waals surface area contributed by atoms with Crippen LogP contribution in [0, 0.1) is 0 Å². The number of aromatic nitrogens is 2. The molecule has 8 heteroatoms. The fourth-order valence-corrected chi connectivity index (χ4v) is 3.57. The molecule has 2 amide bonds. The quantitative estimate of drug-likeness (QED) is 0.826. The molecule has 3 rings (SSSR count). The van der Waals surface area contributed by atoms with E-state index in [9.17, 15) is 19.2 Å². The van der Waals surface area contributed by atoms with E-state index < -0.39 is 16.8 Å². The van der Waals surface area contributed by atoms with E-state index in [1.807, 2.05) is 6.07 Å². The molecule has 0 aliphatic carbocycles. The molecular formula is C20H24N4O4. The number of nitrogens with one attached hydrogen (secondary N) is 1. The smallest absolute Gasteiger partial charge is 0.330 e. The topological polar surface area (TPSA) is 93.4 Å². The average molecular weight is 384 g/mol. The van der Waals surface area contributed by atoms with Crippen molar-refractivity contribution in [3.8, 4) is 0 Å². The van der Waals surface area contributed by atoms with E-state index in [1.165, 1.54) is 17.7 Å². The van der Waals surface area contributed by atoms with Gasteiger partial charge in [0, 0.05) is 38.0 Å². The summed E-state index contributed by atoms with van der Waals surface area (Å²) in [5.74, 6) is -0.487. The van der Waals surface area contributed by atoms with Gasteiger partial charge in [0.25, 0.3) is 11.5 Å². The SMILES string of the molecule is Cn1c(CNC(=O)C2(C)CCCN2C(=O)c2ccccc2)cc(=O)n(C)c1=O. The molecule has 1 unspecified atom stereocenters. The van der Waals surface area contributed by atoms with E-state index in [1.54, 1.807) is 43.1 Å². The molecule has 28 heavy (non-hydrogen) atoms. The minimum absolute atomic E-state index is 0.0314. The van der Waals surface area contributed by atoms with Crippen molar-refractivity contribution in [2.75, 3.05) is 6.54 Å². The number of amides is 2. The molecule has 1 atom stereocenters. The maximum absolute atomic E-state index is 13.0. The van der Waals surface area contributed by atoms with Gasteiger partial charge in [-0.3, -0.25) is 23.5 Å². The van der Waals surface area contributed by atoms with Crippen molar-refractivity contribution < 1.29 is 9.59 Å². The summed E-state index contributed by atoms with van der Waals surface area (Å²) in [7, 11) is 2.95. The van der Waals surface area contributed by atoms with Crippen LogP contribution in [0.1, 0.15) is 35.8 Å². The van der Waals surface area contributed by atoms with Crippen LogP contribution in [0.2, 0.25) is 0 Å². The van der Waals surface area contributed by atoms with Crippen LogP contribution in [0.25, 0.3) is 0 Å². The predicted octanol–water partition coefficient (Wildman–Crippen LogP) is 0.395. The molecule has 1 saturated heterocycles. The van der Waals surface area contributed by atoms with Crippen LogP contribution in [-0.4, -0.2) is 37.9 Å². The second-order valence-electron chi connectivity index (χ2n) is 7.26. The second kappa shape index (κ2) is 7.46. The second-order valence-corrected chi connectivity index (χ2v) is 7.26. The first-order chi connectivity index (χ1) is 13.3. The minimum atomic E-state index is -0.981. The van der Waals surface area contributed by atoms with Gasteiger partial charge in [0.2, 0.25) is 5.91 Å². The van der Waals surface area contributed by atoms with Crippen LogP contribution < -0.4 is 16.6 Å². The maximum Gasteiger partial charge on any atom is 0.330 e. The van der Waals surface area contributed by atoms with E-state index in [2.05, 4.69) is 5.32 Å². The fraction of sp³-hybridized carbons (Fsp3) is 0.400. The van der Waals surface area contributed by atoms with Gasteiger partial charge in [-0.05, 0) is 31.9 Å². The van der Waals surface area contributed by atoms with Gasteiger partial charge in [-0.25, -0.2) is 4.79 Å². The Labute approximate surface area is 162 Å². The fourth-order valence-electron chi connectivity index (χ4n) is 3.57. The van der Waals surface area contributed by atoms with Gasteiger partial charge in [-0.15, -0.1) is 0 Å². The van der Waals surface area contributed by atoms with Gasteiger partial charge >= 0.3 is 5.69 Å². The number of likely N-dealkylation sites (tertiary alicyclic amines) is 1. The van der Waals surface area contributed by atoms with Crippen molar-refractivity contribution in [2.45, 2.75) is 31.8 Å². The average Bonchev–Trinajstić information content (AvgIpc) is 3.10. The highest BCUT2D eigenvalue weighted by atomic mass is 16.2. The summed E-state index contributed by atoms with van der Waals surface area (Å²) < 4.78 is 2.33. The molecule has 0 bridgehead atoms. The van der Waals surface area contributed by atoms with Gasteiger partial charge in [0.05, 0.1) is 6.54 Å². The lowest BCUT2D eigenvalue weighted by atomic mass is 9.96. The summed E-state index contributed by atoms with van der Waals surface area (Å²) in [6.07, 6.45) is 1.28. The molecule has 148 valence electrons. The molecule has 0 spiro atoms. The van der Waals surface area contributed by atoms with Gasteiger partial charge in [-0.2, -0.15) is 0 Å². The Morgan fingerprint density at radius 2 is 1.79 bits per heavy atom. The zero-order chi connectivity index (χ0) is 20.5. The third-order valence-electron chi connectivity index (χ3n) is 5.45. The van der Waals surface area contributed by atoms with Crippen molar-refractivity contribution >= 4 is 11.8 Å². The Morgan fingerprint density at radius 3 is 2.46 bits per heavy atom. The Kier molecular flexibility index (Phi) is 5.22. The molecule has 1 N–H and O–H groups in total. The molecule has 2 aromatic rings. The van der Waals surface area contributed by atoms with Gasteiger partial charge in [0.15, 0.2) is 0 Å². The molecule has 1 fully saturated rings. The predicted molar refractivity (Wildman–Crippen MR) is 104 cm³/mol. The van der Waals surface area contributed by atoms with E-state index in [4.69, 9.17) is 0 Å². The summed E-state index contributed by atoms with van der Waals surface area (Å²) >= 11 is 0. The lowest BCUT2D eigenvalue weighted by Gasteiger charge is -2.34. The van der Waals surface area contributed by atoms with Crippen molar-refractivity contribution in [1.82, 2.24) is 19.4 Å². The van der Waals surface area contributed by atoms with Crippen molar-refractivity contribution in [1.29, 1.82) is 0 Å². The summed E-state index contributed by atoms with van der Waals surface area (Å²) in [6.45, 7) is 2.28. The molecular weight excluding hydrogens is 360 g/mol. The number of hydrogen-bond acceptors (Lipinski definition) is 4. The van der Waals surface area contributed by atoms with Crippen LogP contribution in [0.15, 0.2) is 46.0 Å². The van der Waals surface area contributed by atoms with E-state index in [0.29, 0.717) is 24.2 Å². The number of carbonyl (C=O) groups is 2. The highest BCUT2D eigenvalue weighted by Crippen LogP contribution is 2.30. The van der Waals surface area contributed by atoms with Gasteiger partial charge in [0.1, 0.15) is 5.54 Å². The molecule has 1 aromatic carbocycles. The third kappa shape index (κ3) is 3.37. The van der Waals surface area contributed by atoms with Crippen LogP contribution in [-0.2, 0) is 25.4 Å². The molecule has 8 nitrogen and oxygen atoms in total. The number of benzene rings is 1. The summed E-state index contributed by atoms with van der Waals surface area (Å²) in [6, 6.07) is 10.2. The first-order valence-electron chi connectivity index (χ1n) is 9.17. The standard InChI is InChI=1S/C20H24N4O4/c1-20(10-7-11-24(20)17(26)14-8-5-4-6-9-14)18(27)21-13-15-12-16(25)23(3)19(28)22(15)2/h4-6,8-9,12H,7,10-11,13H2,1-3H3,(H,21,27). The molecule has 0 radical (unpaired) electrons. The maximum atomic E-state index is 13.0. The molecule has 1 aromatic heterocycles. The molecule has 0 saturated carbocycles.